The van der Waals surface area contributed by atoms with Crippen molar-refractivity contribution in [1.29, 1.82) is 0 Å². The molecule has 2 amide bonds. The molecule has 124 valence electrons. The number of nitrogens with zero attached hydrogens (tertiary/aromatic N) is 1. The molecule has 1 aliphatic rings. The van der Waals surface area contributed by atoms with Crippen molar-refractivity contribution < 1.29 is 14.3 Å². The van der Waals surface area contributed by atoms with Crippen molar-refractivity contribution in [3.8, 4) is 5.75 Å². The lowest BCUT2D eigenvalue weighted by atomic mass is 10.2. The summed E-state index contributed by atoms with van der Waals surface area (Å²) >= 11 is 5.85. The highest BCUT2D eigenvalue weighted by atomic mass is 35.5. The van der Waals surface area contributed by atoms with Crippen LogP contribution in [-0.2, 0) is 9.59 Å². The highest BCUT2D eigenvalue weighted by molar-refractivity contribution is 6.30. The summed E-state index contributed by atoms with van der Waals surface area (Å²) < 4.78 is 5.38. The van der Waals surface area contributed by atoms with E-state index in [4.69, 9.17) is 16.3 Å². The number of hydrogen-bond acceptors (Lipinski definition) is 4. The van der Waals surface area contributed by atoms with Crippen LogP contribution in [0.3, 0.4) is 0 Å². The summed E-state index contributed by atoms with van der Waals surface area (Å²) in [5.41, 5.74) is 1.30. The molecule has 0 radical (unpaired) electrons. The van der Waals surface area contributed by atoms with E-state index in [0.29, 0.717) is 23.1 Å². The molecule has 0 aliphatic carbocycles. The number of anilines is 2. The summed E-state index contributed by atoms with van der Waals surface area (Å²) in [5.74, 6) is 0.214. The van der Waals surface area contributed by atoms with E-state index in [1.165, 1.54) is 4.90 Å². The Bertz CT molecular complexity index is 744. The predicted molar refractivity (Wildman–Crippen MR) is 93.6 cm³/mol. The minimum Gasteiger partial charge on any atom is -0.494 e. The number of imide groups is 1. The Labute approximate surface area is 145 Å². The number of ether oxygens (including phenoxy) is 1. The second-order valence-electron chi connectivity index (χ2n) is 5.40. The number of benzene rings is 2. The van der Waals surface area contributed by atoms with Crippen LogP contribution >= 0.6 is 11.6 Å². The zero-order chi connectivity index (χ0) is 17.1. The van der Waals surface area contributed by atoms with Gasteiger partial charge in [0.1, 0.15) is 11.8 Å². The number of rotatable bonds is 5. The van der Waals surface area contributed by atoms with Crippen LogP contribution < -0.4 is 15.0 Å². The van der Waals surface area contributed by atoms with Gasteiger partial charge in [0, 0.05) is 10.7 Å². The van der Waals surface area contributed by atoms with Gasteiger partial charge in [-0.15, -0.1) is 0 Å². The molecule has 1 aliphatic heterocycles. The number of carbonyl (C=O) groups is 2. The minimum atomic E-state index is -0.578. The first-order valence-electron chi connectivity index (χ1n) is 7.70. The van der Waals surface area contributed by atoms with Crippen LogP contribution in [0.2, 0.25) is 5.02 Å². The Hall–Kier alpha value is -2.53. The lowest BCUT2D eigenvalue weighted by Crippen LogP contribution is -2.34. The van der Waals surface area contributed by atoms with E-state index in [2.05, 4.69) is 5.32 Å². The average molecular weight is 345 g/mol. The summed E-state index contributed by atoms with van der Waals surface area (Å²) in [6.07, 6.45) is 0.120. The molecule has 1 N–H and O–H groups in total. The first-order chi connectivity index (χ1) is 11.6. The van der Waals surface area contributed by atoms with Gasteiger partial charge in [-0.1, -0.05) is 11.6 Å². The van der Waals surface area contributed by atoms with Gasteiger partial charge in [0.15, 0.2) is 0 Å². The highest BCUT2D eigenvalue weighted by Gasteiger charge is 2.39. The third-order valence-corrected chi connectivity index (χ3v) is 3.99. The van der Waals surface area contributed by atoms with E-state index in [-0.39, 0.29) is 18.2 Å². The Morgan fingerprint density at radius 2 is 1.79 bits per heavy atom. The molecule has 0 spiro atoms. The Kier molecular flexibility index (Phi) is 4.71. The van der Waals surface area contributed by atoms with Crippen molar-refractivity contribution in [3.05, 3.63) is 53.6 Å². The second-order valence-corrected chi connectivity index (χ2v) is 5.84. The molecule has 1 saturated heterocycles. The molecular weight excluding hydrogens is 328 g/mol. The van der Waals surface area contributed by atoms with Crippen LogP contribution in [-0.4, -0.2) is 24.5 Å². The van der Waals surface area contributed by atoms with Crippen molar-refractivity contribution >= 4 is 34.8 Å². The SMILES string of the molecule is CCOc1ccc(N2C(=O)CC(Nc3ccc(Cl)cc3)C2=O)cc1. The van der Waals surface area contributed by atoms with Gasteiger partial charge in [-0.3, -0.25) is 9.59 Å². The largest absolute Gasteiger partial charge is 0.494 e. The quantitative estimate of drug-likeness (QED) is 0.844. The van der Waals surface area contributed by atoms with E-state index in [1.54, 1.807) is 48.5 Å². The molecule has 0 saturated carbocycles. The Balaban J connectivity index is 1.74. The monoisotopic (exact) mass is 344 g/mol. The highest BCUT2D eigenvalue weighted by Crippen LogP contribution is 2.27. The third kappa shape index (κ3) is 3.36. The number of amides is 2. The maximum absolute atomic E-state index is 12.6. The van der Waals surface area contributed by atoms with Crippen LogP contribution in [0.4, 0.5) is 11.4 Å². The van der Waals surface area contributed by atoms with Crippen molar-refractivity contribution in [2.45, 2.75) is 19.4 Å². The summed E-state index contributed by atoms with van der Waals surface area (Å²) in [7, 11) is 0. The van der Waals surface area contributed by atoms with Crippen molar-refractivity contribution in [1.82, 2.24) is 0 Å². The fourth-order valence-corrected chi connectivity index (χ4v) is 2.75. The van der Waals surface area contributed by atoms with Gasteiger partial charge >= 0.3 is 0 Å². The topological polar surface area (TPSA) is 58.6 Å². The van der Waals surface area contributed by atoms with Gasteiger partial charge in [0.2, 0.25) is 5.91 Å². The normalized spacial score (nSPS) is 17.2. The summed E-state index contributed by atoms with van der Waals surface area (Å²) in [5, 5.41) is 3.70. The van der Waals surface area contributed by atoms with Crippen molar-refractivity contribution in [2.24, 2.45) is 0 Å². The van der Waals surface area contributed by atoms with E-state index in [9.17, 15) is 9.59 Å². The van der Waals surface area contributed by atoms with Gasteiger partial charge in [0.05, 0.1) is 18.7 Å². The number of carbonyl (C=O) groups excluding carboxylic acids is 2. The first kappa shape index (κ1) is 16.3. The van der Waals surface area contributed by atoms with E-state index < -0.39 is 6.04 Å². The lowest BCUT2D eigenvalue weighted by molar-refractivity contribution is -0.121. The first-order valence-corrected chi connectivity index (χ1v) is 8.08. The van der Waals surface area contributed by atoms with Gasteiger partial charge < -0.3 is 10.1 Å². The zero-order valence-corrected chi connectivity index (χ0v) is 13.9. The van der Waals surface area contributed by atoms with E-state index >= 15 is 0 Å². The summed E-state index contributed by atoms with van der Waals surface area (Å²) in [6.45, 7) is 2.46. The fraction of sp³-hybridized carbons (Fsp3) is 0.222. The molecule has 1 unspecified atom stereocenters. The predicted octanol–water partition coefficient (Wildman–Crippen LogP) is 3.48. The van der Waals surface area contributed by atoms with Gasteiger partial charge in [-0.2, -0.15) is 0 Å². The van der Waals surface area contributed by atoms with Crippen LogP contribution in [0.15, 0.2) is 48.5 Å². The summed E-state index contributed by atoms with van der Waals surface area (Å²) in [6, 6.07) is 13.4. The number of halogens is 1. The average Bonchev–Trinajstić information content (AvgIpc) is 2.85. The van der Waals surface area contributed by atoms with Crippen molar-refractivity contribution in [2.75, 3.05) is 16.8 Å². The molecule has 6 heteroatoms. The van der Waals surface area contributed by atoms with Crippen molar-refractivity contribution in [3.63, 3.8) is 0 Å². The zero-order valence-electron chi connectivity index (χ0n) is 13.2. The van der Waals surface area contributed by atoms with Gasteiger partial charge in [0.25, 0.3) is 5.91 Å². The summed E-state index contributed by atoms with van der Waals surface area (Å²) in [4.78, 5) is 26.1. The molecule has 1 atom stereocenters. The number of nitrogens with one attached hydrogen (secondary N) is 1. The van der Waals surface area contributed by atoms with E-state index in [0.717, 1.165) is 5.69 Å². The molecule has 24 heavy (non-hydrogen) atoms. The maximum atomic E-state index is 12.6. The molecule has 2 aromatic rings. The molecule has 2 aromatic carbocycles. The Morgan fingerprint density at radius 3 is 2.42 bits per heavy atom. The second kappa shape index (κ2) is 6.93. The molecule has 0 bridgehead atoms. The molecule has 3 rings (SSSR count). The standard InChI is InChI=1S/C18H17ClN2O3/c1-2-24-15-9-7-14(8-10-15)21-17(22)11-16(18(21)23)20-13-5-3-12(19)4-6-13/h3-10,16,20H,2,11H2,1H3. The van der Waals surface area contributed by atoms with E-state index in [1.807, 2.05) is 6.92 Å². The molecule has 1 heterocycles. The maximum Gasteiger partial charge on any atom is 0.256 e. The molecule has 0 aromatic heterocycles. The molecular formula is C18H17ClN2O3. The van der Waals surface area contributed by atoms with Gasteiger partial charge in [-0.05, 0) is 55.5 Å². The van der Waals surface area contributed by atoms with Crippen LogP contribution in [0, 0.1) is 0 Å². The van der Waals surface area contributed by atoms with Gasteiger partial charge in [-0.25, -0.2) is 4.90 Å². The molecule has 1 fully saturated rings. The smallest absolute Gasteiger partial charge is 0.256 e. The Morgan fingerprint density at radius 1 is 1.12 bits per heavy atom. The molecule has 5 nitrogen and oxygen atoms in total. The van der Waals surface area contributed by atoms with Crippen LogP contribution in [0.1, 0.15) is 13.3 Å². The van der Waals surface area contributed by atoms with Crippen LogP contribution in [0.5, 0.6) is 5.75 Å². The van der Waals surface area contributed by atoms with Crippen LogP contribution in [0.25, 0.3) is 0 Å². The lowest BCUT2D eigenvalue weighted by Gasteiger charge is -2.16. The third-order valence-electron chi connectivity index (χ3n) is 3.74. The fourth-order valence-electron chi connectivity index (χ4n) is 2.62. The minimum absolute atomic E-state index is 0.120. The number of hydrogen-bond donors (Lipinski definition) is 1.